The topological polar surface area (TPSA) is 0 Å². The molecular weight excluding hydrogens is 319 g/mol. The second-order valence-corrected chi connectivity index (χ2v) is 7.98. The summed E-state index contributed by atoms with van der Waals surface area (Å²) < 4.78 is 0.674. The summed E-state index contributed by atoms with van der Waals surface area (Å²) in [7, 11) is 0. The molecule has 0 nitrogen and oxygen atoms in total. The standard InChI is InChI=1S/C13H15.C6H10.Zr/c1-13(2,3)12-9-8-10-6-4-5-7-11(10)12;1-5(2)6(3)4;/h4-9H,1-3H3;1,3H2,2,4H3;. The monoisotopic (exact) mass is 343 g/mol. The Morgan fingerprint density at radius 3 is 2.00 bits per heavy atom. The van der Waals surface area contributed by atoms with Crippen molar-refractivity contribution >= 4 is 5.57 Å². The first-order valence-electron chi connectivity index (χ1n) is 6.98. The number of benzene rings is 1. The molecule has 0 heterocycles. The fraction of sp³-hybridized carbons (Fsp3) is 0.368. The van der Waals surface area contributed by atoms with Crippen LogP contribution in [0.3, 0.4) is 0 Å². The Balaban J connectivity index is 0.000000286. The Morgan fingerprint density at radius 1 is 1.05 bits per heavy atom. The Morgan fingerprint density at radius 2 is 1.55 bits per heavy atom. The SMILES string of the molecule is C=C(C)C(=C)C.CC(C)(C)C1=C[CH]([Zr])c2ccccc21. The molecule has 1 atom stereocenters. The van der Waals surface area contributed by atoms with Crippen molar-refractivity contribution in [1.29, 1.82) is 0 Å². The molecule has 1 aromatic rings. The van der Waals surface area contributed by atoms with E-state index in [1.54, 1.807) is 24.7 Å². The van der Waals surface area contributed by atoms with Gasteiger partial charge in [-0.2, -0.15) is 0 Å². The number of hydrogen-bond donors (Lipinski definition) is 0. The summed E-state index contributed by atoms with van der Waals surface area (Å²) in [4.78, 5) is 0. The fourth-order valence-electron chi connectivity index (χ4n) is 2.01. The van der Waals surface area contributed by atoms with E-state index < -0.39 is 0 Å². The number of hydrogen-bond acceptors (Lipinski definition) is 0. The molecule has 1 aliphatic rings. The molecule has 0 spiro atoms. The summed E-state index contributed by atoms with van der Waals surface area (Å²) in [6, 6.07) is 8.82. The average molecular weight is 345 g/mol. The van der Waals surface area contributed by atoms with E-state index in [0.717, 1.165) is 11.1 Å². The van der Waals surface area contributed by atoms with Crippen LogP contribution in [0.5, 0.6) is 0 Å². The van der Waals surface area contributed by atoms with Crippen LogP contribution >= 0.6 is 0 Å². The van der Waals surface area contributed by atoms with E-state index in [-0.39, 0.29) is 5.41 Å². The molecule has 0 radical (unpaired) electrons. The van der Waals surface area contributed by atoms with Crippen LogP contribution in [-0.2, 0) is 24.7 Å². The van der Waals surface area contributed by atoms with Crippen LogP contribution in [-0.4, -0.2) is 0 Å². The molecule has 0 saturated carbocycles. The predicted molar refractivity (Wildman–Crippen MR) is 86.2 cm³/mol. The van der Waals surface area contributed by atoms with Crippen molar-refractivity contribution in [3.8, 4) is 0 Å². The summed E-state index contributed by atoms with van der Waals surface area (Å²) in [6.07, 6.45) is 2.45. The molecule has 1 heteroatoms. The molecule has 1 unspecified atom stereocenters. The van der Waals surface area contributed by atoms with Gasteiger partial charge in [0.1, 0.15) is 0 Å². The zero-order valence-electron chi connectivity index (χ0n) is 13.4. The molecule has 2 rings (SSSR count). The van der Waals surface area contributed by atoms with Crippen LogP contribution in [0, 0.1) is 5.41 Å². The van der Waals surface area contributed by atoms with E-state index in [9.17, 15) is 0 Å². The second-order valence-electron chi connectivity index (χ2n) is 6.46. The van der Waals surface area contributed by atoms with Gasteiger partial charge in [-0.3, -0.25) is 0 Å². The van der Waals surface area contributed by atoms with Crippen molar-refractivity contribution in [3.05, 3.63) is 65.8 Å². The summed E-state index contributed by atoms with van der Waals surface area (Å²) in [6.45, 7) is 18.1. The molecule has 20 heavy (non-hydrogen) atoms. The Labute approximate surface area is 139 Å². The van der Waals surface area contributed by atoms with E-state index in [4.69, 9.17) is 0 Å². The fourth-order valence-corrected chi connectivity index (χ4v) is 3.04. The van der Waals surface area contributed by atoms with Gasteiger partial charge in [0.25, 0.3) is 0 Å². The van der Waals surface area contributed by atoms with Crippen molar-refractivity contribution in [2.75, 3.05) is 0 Å². The van der Waals surface area contributed by atoms with Gasteiger partial charge in [-0.15, -0.1) is 0 Å². The van der Waals surface area contributed by atoms with Crippen molar-refractivity contribution in [3.63, 3.8) is 0 Å². The van der Waals surface area contributed by atoms with Crippen LogP contribution in [0.1, 0.15) is 49.4 Å². The third-order valence-electron chi connectivity index (χ3n) is 3.46. The Hall–Kier alpha value is -0.677. The van der Waals surface area contributed by atoms with Gasteiger partial charge < -0.3 is 0 Å². The molecule has 105 valence electrons. The van der Waals surface area contributed by atoms with Gasteiger partial charge in [-0.1, -0.05) is 24.3 Å². The zero-order chi connectivity index (χ0) is 15.5. The number of fused-ring (bicyclic) bond motifs is 1. The van der Waals surface area contributed by atoms with E-state index >= 15 is 0 Å². The van der Waals surface area contributed by atoms with Crippen LogP contribution < -0.4 is 0 Å². The van der Waals surface area contributed by atoms with Crippen LogP contribution in [0.2, 0.25) is 0 Å². The first-order chi connectivity index (χ1) is 9.14. The summed E-state index contributed by atoms with van der Waals surface area (Å²) in [5, 5.41) is 0. The number of rotatable bonds is 1. The molecule has 1 aromatic carbocycles. The van der Waals surface area contributed by atoms with E-state index in [1.807, 2.05) is 13.8 Å². The molecule has 0 aromatic heterocycles. The summed E-state index contributed by atoms with van der Waals surface area (Å²) in [5.41, 5.74) is 6.93. The summed E-state index contributed by atoms with van der Waals surface area (Å²) in [5.74, 6) is 0. The van der Waals surface area contributed by atoms with Gasteiger partial charge in [0.05, 0.1) is 0 Å². The molecular formula is C19H25Zr. The number of allylic oxidation sites excluding steroid dienone is 4. The van der Waals surface area contributed by atoms with E-state index in [2.05, 4.69) is 64.3 Å². The maximum absolute atomic E-state index is 3.66. The third kappa shape index (κ3) is 4.42. The molecule has 0 amide bonds. The second kappa shape index (κ2) is 6.85. The van der Waals surface area contributed by atoms with Crippen molar-refractivity contribution in [2.45, 2.75) is 38.2 Å². The van der Waals surface area contributed by atoms with Crippen LogP contribution in [0.25, 0.3) is 5.57 Å². The van der Waals surface area contributed by atoms with Gasteiger partial charge in [0.2, 0.25) is 0 Å². The van der Waals surface area contributed by atoms with Crippen LogP contribution in [0.15, 0.2) is 54.6 Å². The van der Waals surface area contributed by atoms with Gasteiger partial charge >= 0.3 is 102 Å². The van der Waals surface area contributed by atoms with E-state index in [1.165, 1.54) is 16.7 Å². The van der Waals surface area contributed by atoms with Gasteiger partial charge in [-0.25, -0.2) is 0 Å². The first-order valence-corrected chi connectivity index (χ1v) is 8.40. The van der Waals surface area contributed by atoms with Crippen molar-refractivity contribution in [2.24, 2.45) is 5.41 Å². The van der Waals surface area contributed by atoms with Gasteiger partial charge in [0, 0.05) is 0 Å². The molecule has 0 aliphatic heterocycles. The van der Waals surface area contributed by atoms with E-state index in [0.29, 0.717) is 3.63 Å². The Kier molecular flexibility index (Phi) is 5.95. The maximum atomic E-state index is 3.66. The quantitative estimate of drug-likeness (QED) is 0.560. The molecule has 0 N–H and O–H groups in total. The average Bonchev–Trinajstić information content (AvgIpc) is 2.68. The van der Waals surface area contributed by atoms with Gasteiger partial charge in [-0.05, 0) is 13.8 Å². The first kappa shape index (κ1) is 17.4. The Bertz CT molecular complexity index is 529. The zero-order valence-corrected chi connectivity index (χ0v) is 15.8. The molecule has 0 bridgehead atoms. The van der Waals surface area contributed by atoms with Gasteiger partial charge in [0.15, 0.2) is 0 Å². The molecule has 1 aliphatic carbocycles. The normalized spacial score (nSPS) is 16.6. The summed E-state index contributed by atoms with van der Waals surface area (Å²) >= 11 is 1.59. The van der Waals surface area contributed by atoms with Crippen molar-refractivity contribution in [1.82, 2.24) is 0 Å². The third-order valence-corrected chi connectivity index (χ3v) is 4.63. The predicted octanol–water partition coefficient (Wildman–Crippen LogP) is 5.86. The minimum atomic E-state index is 0.279. The van der Waals surface area contributed by atoms with Crippen molar-refractivity contribution < 1.29 is 24.7 Å². The van der Waals surface area contributed by atoms with Crippen LogP contribution in [0.4, 0.5) is 0 Å². The molecule has 0 saturated heterocycles. The molecule has 0 fully saturated rings. The minimum absolute atomic E-state index is 0.279.